The quantitative estimate of drug-likeness (QED) is 0.0988. The Morgan fingerprint density at radius 2 is 0.609 bits per heavy atom. The molecular weight excluding hydrogens is 1030 g/mol. The topological polar surface area (TPSA) is 112 Å². The van der Waals surface area contributed by atoms with Crippen molar-refractivity contribution < 1.29 is 58.6 Å². The summed E-state index contributed by atoms with van der Waals surface area (Å²) in [7, 11) is -6.00. The molecule has 0 N–H and O–H groups in total. The summed E-state index contributed by atoms with van der Waals surface area (Å²) in [4.78, 5) is 29.1. The first-order valence-corrected chi connectivity index (χ1v) is 23.4. The zero-order chi connectivity index (χ0) is 46.5. The van der Waals surface area contributed by atoms with Crippen LogP contribution in [0.2, 0.25) is 0 Å². The third kappa shape index (κ3) is 9.47. The molecular formula is C51H40AgBCl2F4N6O4. The van der Waals surface area contributed by atoms with Crippen LogP contribution in [-0.4, -0.2) is 70.6 Å². The fourth-order valence-electron chi connectivity index (χ4n) is 10.2. The monoisotopic (exact) mass is 1060 g/mol. The Kier molecular flexibility index (Phi) is 13.3. The van der Waals surface area contributed by atoms with Gasteiger partial charge in [0.15, 0.2) is 0 Å². The van der Waals surface area contributed by atoms with Gasteiger partial charge in [-0.25, -0.2) is 29.9 Å². The van der Waals surface area contributed by atoms with Gasteiger partial charge in [0.25, 0.3) is 0 Å². The molecule has 4 aliphatic heterocycles. The van der Waals surface area contributed by atoms with E-state index in [2.05, 4.69) is 97.1 Å². The van der Waals surface area contributed by atoms with Crippen LogP contribution in [0.15, 0.2) is 153 Å². The van der Waals surface area contributed by atoms with E-state index in [1.807, 2.05) is 36.4 Å². The number of ether oxygens (including phenoxy) is 4. The van der Waals surface area contributed by atoms with Gasteiger partial charge in [0, 0.05) is 25.7 Å². The summed E-state index contributed by atoms with van der Waals surface area (Å²) in [5, 5.41) is 0.194. The standard InChI is InChI=1S/2C25H19N3O2.CH2Cl2.Ag.BF4/c2*1-3-8-16-14(6-1)12-20-22(16)27-24(29-20)18-10-5-11-19(26-18)25-28-23-17-9-4-2-7-15(17)13-21(23)30-25;2-1-3;;2-1(3,4)5/h2*1-11,20-23H,12-13H2;1H2;;/q;;;+1;-1/t2*20-,21-,22+,23+;;;/m11.../s1. The number of benzene rings is 4. The molecule has 0 radical (unpaired) electrons. The van der Waals surface area contributed by atoms with Crippen molar-refractivity contribution in [1.29, 1.82) is 0 Å². The van der Waals surface area contributed by atoms with Gasteiger partial charge in [-0.2, -0.15) is 0 Å². The van der Waals surface area contributed by atoms with Crippen molar-refractivity contribution in [2.75, 3.05) is 5.34 Å². The van der Waals surface area contributed by atoms with Crippen molar-refractivity contribution in [1.82, 2.24) is 9.97 Å². The number of halogens is 6. The van der Waals surface area contributed by atoms with Crippen LogP contribution in [0.3, 0.4) is 0 Å². The van der Waals surface area contributed by atoms with Gasteiger partial charge in [0.05, 0.1) is 5.34 Å². The van der Waals surface area contributed by atoms with E-state index in [9.17, 15) is 17.3 Å². The number of rotatable bonds is 4. The molecule has 0 saturated heterocycles. The first kappa shape index (κ1) is 46.9. The van der Waals surface area contributed by atoms with Gasteiger partial charge < -0.3 is 36.2 Å². The summed E-state index contributed by atoms with van der Waals surface area (Å²) in [6.07, 6.45) is 3.85. The molecule has 354 valence electrons. The molecule has 18 heteroatoms. The molecule has 0 bridgehead atoms. The zero-order valence-corrected chi connectivity index (χ0v) is 39.3. The number of alkyl halides is 2. The normalized spacial score (nSPS) is 24.9. The smallest absolute Gasteiger partial charge is 0.470 e. The van der Waals surface area contributed by atoms with E-state index in [1.54, 1.807) is 0 Å². The second-order valence-electron chi connectivity index (χ2n) is 17.2. The molecule has 0 unspecified atom stereocenters. The minimum atomic E-state index is -6.00. The predicted octanol–water partition coefficient (Wildman–Crippen LogP) is 10.7. The molecule has 69 heavy (non-hydrogen) atoms. The molecule has 4 aliphatic carbocycles. The number of hydrogen-bond acceptors (Lipinski definition) is 10. The molecule has 6 aromatic rings. The van der Waals surface area contributed by atoms with Crippen molar-refractivity contribution in [2.24, 2.45) is 20.0 Å². The molecule has 8 aliphatic rings. The van der Waals surface area contributed by atoms with Crippen LogP contribution in [0.5, 0.6) is 0 Å². The largest absolute Gasteiger partial charge is 1.00 e. The Hall–Kier alpha value is -5.83. The molecule has 10 nitrogen and oxygen atoms in total. The van der Waals surface area contributed by atoms with Crippen molar-refractivity contribution >= 4 is 54.0 Å². The molecule has 14 rings (SSSR count). The minimum Gasteiger partial charge on any atom is -0.470 e. The van der Waals surface area contributed by atoms with E-state index in [0.717, 1.165) is 48.5 Å². The van der Waals surface area contributed by atoms with Gasteiger partial charge in [-0.3, -0.25) is 0 Å². The molecule has 2 aromatic heterocycles. The van der Waals surface area contributed by atoms with Crippen LogP contribution >= 0.6 is 23.2 Å². The molecule has 0 spiro atoms. The summed E-state index contributed by atoms with van der Waals surface area (Å²) in [6, 6.07) is 45.8. The van der Waals surface area contributed by atoms with Crippen LogP contribution < -0.4 is 0 Å². The summed E-state index contributed by atoms with van der Waals surface area (Å²) >= 11 is 9.53. The zero-order valence-electron chi connectivity index (χ0n) is 36.3. The summed E-state index contributed by atoms with van der Waals surface area (Å²) in [5.74, 6) is 2.46. The van der Waals surface area contributed by atoms with Gasteiger partial charge in [0.2, 0.25) is 23.6 Å². The van der Waals surface area contributed by atoms with Crippen LogP contribution in [0.25, 0.3) is 0 Å². The molecule has 4 aromatic carbocycles. The van der Waals surface area contributed by atoms with E-state index in [1.165, 1.54) is 44.5 Å². The van der Waals surface area contributed by atoms with Crippen LogP contribution in [-0.2, 0) is 67.0 Å². The van der Waals surface area contributed by atoms with Crippen molar-refractivity contribution in [2.45, 2.75) is 74.3 Å². The molecule has 6 heterocycles. The molecule has 0 amide bonds. The third-order valence-electron chi connectivity index (χ3n) is 13.0. The van der Waals surface area contributed by atoms with Gasteiger partial charge in [-0.05, 0) is 68.8 Å². The minimum absolute atomic E-state index is 0. The van der Waals surface area contributed by atoms with Crippen molar-refractivity contribution in [3.63, 3.8) is 0 Å². The number of aromatic nitrogens is 2. The number of fused-ring (bicyclic) bond motifs is 12. The molecule has 0 saturated carbocycles. The number of pyridine rings is 2. The van der Waals surface area contributed by atoms with E-state index < -0.39 is 7.25 Å². The van der Waals surface area contributed by atoms with E-state index in [0.29, 0.717) is 23.6 Å². The molecule has 8 atom stereocenters. The first-order valence-electron chi connectivity index (χ1n) is 22.3. The summed E-state index contributed by atoms with van der Waals surface area (Å²) in [5.41, 5.74) is 13.3. The van der Waals surface area contributed by atoms with Gasteiger partial charge >= 0.3 is 29.6 Å². The van der Waals surface area contributed by atoms with Crippen LogP contribution in [0.4, 0.5) is 17.3 Å². The fourth-order valence-corrected chi connectivity index (χ4v) is 10.2. The van der Waals surface area contributed by atoms with Gasteiger partial charge in [-0.15, -0.1) is 23.2 Å². The van der Waals surface area contributed by atoms with E-state index in [4.69, 9.17) is 72.1 Å². The van der Waals surface area contributed by atoms with Crippen molar-refractivity contribution in [3.8, 4) is 0 Å². The number of nitrogens with zero attached hydrogens (tertiary/aromatic N) is 6. The Morgan fingerprint density at radius 1 is 0.391 bits per heavy atom. The Labute approximate surface area is 420 Å². The average Bonchev–Trinajstić information content (AvgIpc) is 4.21. The van der Waals surface area contributed by atoms with E-state index in [-0.39, 0.29) is 76.3 Å². The maximum Gasteiger partial charge on any atom is 1.00 e. The van der Waals surface area contributed by atoms with Crippen LogP contribution in [0.1, 0.15) is 91.5 Å². The second kappa shape index (κ2) is 19.5. The number of aliphatic imine (C=N–C) groups is 4. The number of hydrogen-bond donors (Lipinski definition) is 0. The maximum absolute atomic E-state index is 9.75. The van der Waals surface area contributed by atoms with Crippen LogP contribution in [0, 0.1) is 0 Å². The maximum atomic E-state index is 9.75. The summed E-state index contributed by atoms with van der Waals surface area (Å²) < 4.78 is 63.8. The van der Waals surface area contributed by atoms with Gasteiger partial charge in [-0.1, -0.05) is 109 Å². The van der Waals surface area contributed by atoms with E-state index >= 15 is 0 Å². The average molecular weight is 1070 g/mol. The van der Waals surface area contributed by atoms with Gasteiger partial charge in [0.1, 0.15) is 71.4 Å². The third-order valence-corrected chi connectivity index (χ3v) is 13.0. The Bertz CT molecular complexity index is 2670. The molecule has 0 fully saturated rings. The fraction of sp³-hybridized carbons (Fsp3) is 0.255. The Morgan fingerprint density at radius 3 is 0.841 bits per heavy atom. The SMILES string of the molecule is ClCCl.F[B-](F)(F)F.[Ag+].c1cc(C2=N[C@H]3c4ccccc4C[C@H]3O2)nc(C2=N[C@H]3c4ccccc4C[C@H]3O2)c1.c1cc(C2=N[C@H]3c4ccccc4C[C@H]3O2)nc(C2=N[C@H]3c4ccccc4C[C@H]3O2)c1. The second-order valence-corrected chi connectivity index (χ2v) is 18.0. The van der Waals surface area contributed by atoms with Crippen molar-refractivity contribution in [3.05, 3.63) is 201 Å². The predicted molar refractivity (Wildman–Crippen MR) is 252 cm³/mol. The summed E-state index contributed by atoms with van der Waals surface area (Å²) in [6.45, 7) is 0. The first-order chi connectivity index (χ1) is 33.1. The Balaban J connectivity index is 0.000000137.